The van der Waals surface area contributed by atoms with Crippen molar-refractivity contribution in [3.8, 4) is 33.4 Å². The Bertz CT molecular complexity index is 5210. The summed E-state index contributed by atoms with van der Waals surface area (Å²) in [7, 11) is -1.43. The summed E-state index contributed by atoms with van der Waals surface area (Å²) >= 11 is 18.8. The minimum absolute atomic E-state index is 0.0608. The van der Waals surface area contributed by atoms with E-state index in [1.807, 2.05) is 54.6 Å². The van der Waals surface area contributed by atoms with Crippen molar-refractivity contribution >= 4 is 90.5 Å². The van der Waals surface area contributed by atoms with E-state index in [0.717, 1.165) is 31.6 Å². The topological polar surface area (TPSA) is 40.5 Å². The summed E-state index contributed by atoms with van der Waals surface area (Å²) in [5.74, 6) is 0. The average Bonchev–Trinajstić information content (AvgIpc) is 1.39. The molecule has 14 aromatic rings. The molecule has 0 amide bonds. The molecule has 0 heterocycles. The molecule has 2 nitrogen and oxygen atoms in total. The van der Waals surface area contributed by atoms with Crippen LogP contribution in [0.25, 0.3) is 76.5 Å². The van der Waals surface area contributed by atoms with Crippen LogP contribution in [0.5, 0.6) is 0 Å². The predicted molar refractivity (Wildman–Crippen MR) is 379 cm³/mol. The molecule has 6 heteroatoms. The van der Waals surface area contributed by atoms with Crippen LogP contribution in [0.2, 0.25) is 15.1 Å². The van der Waals surface area contributed by atoms with Gasteiger partial charge in [-0.05, 0) is 197 Å². The van der Waals surface area contributed by atoms with E-state index in [1.54, 1.807) is 12.1 Å². The van der Waals surface area contributed by atoms with Crippen molar-refractivity contribution < 1.29 is 10.0 Å². The van der Waals surface area contributed by atoms with Crippen molar-refractivity contribution in [1.82, 2.24) is 0 Å². The molecular weight excluding hydrogens is 1160 g/mol. The first-order valence-corrected chi connectivity index (χ1v) is 32.0. The van der Waals surface area contributed by atoms with Crippen LogP contribution in [-0.4, -0.2) is 17.2 Å². The van der Waals surface area contributed by atoms with E-state index in [2.05, 4.69) is 240 Å². The molecule has 2 spiro atoms. The molecule has 432 valence electrons. The van der Waals surface area contributed by atoms with Gasteiger partial charge in [0.25, 0.3) is 0 Å². The van der Waals surface area contributed by atoms with Crippen molar-refractivity contribution in [2.24, 2.45) is 0 Å². The quantitative estimate of drug-likeness (QED) is 0.134. The Kier molecular flexibility index (Phi) is 13.1. The van der Waals surface area contributed by atoms with Gasteiger partial charge in [-0.3, -0.25) is 0 Å². The van der Waals surface area contributed by atoms with E-state index in [9.17, 15) is 10.0 Å². The zero-order chi connectivity index (χ0) is 61.4. The second-order valence-electron chi connectivity index (χ2n) is 25.6. The van der Waals surface area contributed by atoms with E-state index in [0.29, 0.717) is 10.5 Å². The van der Waals surface area contributed by atoms with Crippen molar-refractivity contribution in [2.45, 2.75) is 49.4 Å². The molecule has 0 saturated carbocycles. The first kappa shape index (κ1) is 56.2. The fraction of sp³-hybridized carbons (Fsp3) is 0.0952. The molecule has 0 aliphatic heterocycles. The maximum absolute atomic E-state index is 9.17. The normalized spacial score (nSPS) is 14.9. The van der Waals surface area contributed by atoms with Gasteiger partial charge in [-0.2, -0.15) is 0 Å². The maximum atomic E-state index is 9.17. The van der Waals surface area contributed by atoms with E-state index >= 15 is 0 Å². The van der Waals surface area contributed by atoms with Crippen molar-refractivity contribution in [2.75, 3.05) is 0 Å². The van der Waals surface area contributed by atoms with Gasteiger partial charge < -0.3 is 10.0 Å². The van der Waals surface area contributed by atoms with Crippen LogP contribution >= 0.6 is 34.8 Å². The van der Waals surface area contributed by atoms with Crippen molar-refractivity contribution in [1.29, 1.82) is 0 Å². The second kappa shape index (κ2) is 21.0. The highest BCUT2D eigenvalue weighted by atomic mass is 35.5. The van der Waals surface area contributed by atoms with Gasteiger partial charge in [0.2, 0.25) is 0 Å². The van der Waals surface area contributed by atoms with E-state index in [4.69, 9.17) is 34.8 Å². The largest absolute Gasteiger partial charge is 0.488 e. The van der Waals surface area contributed by atoms with Gasteiger partial charge >= 0.3 is 7.12 Å². The Morgan fingerprint density at radius 1 is 0.256 bits per heavy atom. The predicted octanol–water partition coefficient (Wildman–Crippen LogP) is 21.0. The van der Waals surface area contributed by atoms with Gasteiger partial charge in [-0.15, -0.1) is 0 Å². The molecule has 4 aliphatic carbocycles. The summed E-state index contributed by atoms with van der Waals surface area (Å²) in [5.41, 5.74) is 23.9. The van der Waals surface area contributed by atoms with Gasteiger partial charge in [0.05, 0.1) is 10.8 Å². The van der Waals surface area contributed by atoms with Crippen LogP contribution in [0.4, 0.5) is 0 Å². The molecule has 0 unspecified atom stereocenters. The maximum Gasteiger partial charge on any atom is 0.488 e. The molecule has 0 atom stereocenters. The lowest BCUT2D eigenvalue weighted by molar-refractivity contribution is 0.426. The molecule has 0 radical (unpaired) electrons. The second-order valence-corrected chi connectivity index (χ2v) is 26.9. The molecule has 14 aromatic carbocycles. The van der Waals surface area contributed by atoms with Gasteiger partial charge in [0.1, 0.15) is 0 Å². The van der Waals surface area contributed by atoms with E-state index < -0.39 is 7.12 Å². The number of benzene rings is 14. The van der Waals surface area contributed by atoms with Crippen molar-refractivity contribution in [3.05, 3.63) is 361 Å². The first-order chi connectivity index (χ1) is 43.7. The molecular formula is C84H60BCl3O2. The summed E-state index contributed by atoms with van der Waals surface area (Å²) in [6.45, 7) is 9.44. The molecule has 0 saturated heterocycles. The van der Waals surface area contributed by atoms with Gasteiger partial charge in [0.15, 0.2) is 0 Å². The van der Waals surface area contributed by atoms with Gasteiger partial charge in [-0.25, -0.2) is 0 Å². The molecule has 4 aliphatic rings. The fourth-order valence-electron chi connectivity index (χ4n) is 16.3. The SMILES string of the molecule is CC1(C)c2ccccc2C2(c3ccccc3-c3ccc(-c4ccc5c(ccc6cc(Cl)ccc65)c4)cc32)c2ccccc21.CC1(C)c2ccccc2C2(c3ccccc3-c3ccc(Cl)cc32)c2ccccc21.OB(O)c1ccc2c(ccc3cc(Cl)ccc32)c1. The summed E-state index contributed by atoms with van der Waals surface area (Å²) in [4.78, 5) is 0. The highest BCUT2D eigenvalue weighted by Gasteiger charge is 2.55. The standard InChI is InChI=1S/C42H29Cl.C28H21Cl.C14H10BClO2/c1-41(2)36-11-5-7-13-38(36)42(39-14-8-6-12-37(39)41)35-10-4-3-9-33(35)34-21-18-27(25-40(34)42)26-17-20-31-28(23-26)15-16-29-24-30(43)19-22-32(29)31;1-27(2)22-11-5-7-13-24(22)28(25-14-8-6-12-23(25)27)21-10-4-3-9-19(21)20-16-15-18(29)17-26(20)28;16-12-4-6-14-10(8-12)2-1-9-7-11(15(17)18)3-5-13(9)14/h3-25H,1-2H3;3-17H,1-2H3;1-8,17-18H. The lowest BCUT2D eigenvalue weighted by Gasteiger charge is -2.46. The molecule has 0 bridgehead atoms. The Labute approximate surface area is 540 Å². The fourth-order valence-corrected chi connectivity index (χ4v) is 16.8. The van der Waals surface area contributed by atoms with Crippen LogP contribution < -0.4 is 5.46 Å². The van der Waals surface area contributed by atoms with E-state index in [1.165, 1.54) is 122 Å². The van der Waals surface area contributed by atoms with Crippen LogP contribution in [0.1, 0.15) is 94.5 Å². The monoisotopic (exact) mass is 1220 g/mol. The highest BCUT2D eigenvalue weighted by Crippen LogP contribution is 2.64. The van der Waals surface area contributed by atoms with Crippen LogP contribution in [0.3, 0.4) is 0 Å². The third-order valence-electron chi connectivity index (χ3n) is 20.3. The lowest BCUT2D eigenvalue weighted by atomic mass is 9.55. The van der Waals surface area contributed by atoms with Crippen molar-refractivity contribution in [3.63, 3.8) is 0 Å². The van der Waals surface area contributed by atoms with Crippen LogP contribution in [0.15, 0.2) is 279 Å². The van der Waals surface area contributed by atoms with Gasteiger partial charge in [0, 0.05) is 25.9 Å². The molecule has 0 fully saturated rings. The number of fused-ring (bicyclic) bond motifs is 24. The Balaban J connectivity index is 0.000000119. The lowest BCUT2D eigenvalue weighted by Crippen LogP contribution is -2.40. The molecule has 18 rings (SSSR count). The molecule has 2 N–H and O–H groups in total. The van der Waals surface area contributed by atoms with Crippen LogP contribution in [-0.2, 0) is 21.7 Å². The third-order valence-corrected chi connectivity index (χ3v) is 21.0. The zero-order valence-corrected chi connectivity index (χ0v) is 52.4. The van der Waals surface area contributed by atoms with Gasteiger partial charge in [-0.1, -0.05) is 293 Å². The zero-order valence-electron chi connectivity index (χ0n) is 50.2. The molecule has 90 heavy (non-hydrogen) atoms. The minimum Gasteiger partial charge on any atom is -0.423 e. The van der Waals surface area contributed by atoms with Crippen LogP contribution in [0, 0.1) is 0 Å². The van der Waals surface area contributed by atoms with E-state index in [-0.39, 0.29) is 21.7 Å². The summed E-state index contributed by atoms with van der Waals surface area (Å²) in [5, 5.41) is 29.7. The minimum atomic E-state index is -1.43. The number of halogens is 3. The molecule has 0 aromatic heterocycles. The smallest absolute Gasteiger partial charge is 0.423 e. The third kappa shape index (κ3) is 8.27. The number of hydrogen-bond acceptors (Lipinski definition) is 2. The summed E-state index contributed by atoms with van der Waals surface area (Å²) in [6.07, 6.45) is 0. The Morgan fingerprint density at radius 3 is 1.00 bits per heavy atom. The first-order valence-electron chi connectivity index (χ1n) is 30.8. The summed E-state index contributed by atoms with van der Waals surface area (Å²) in [6, 6.07) is 100. The number of rotatable bonds is 2. The Hall–Kier alpha value is -9.03. The summed E-state index contributed by atoms with van der Waals surface area (Å²) < 4.78 is 0. The average molecular weight is 1220 g/mol. The highest BCUT2D eigenvalue weighted by molar-refractivity contribution is 6.59. The Morgan fingerprint density at radius 2 is 0.556 bits per heavy atom. The number of hydrogen-bond donors (Lipinski definition) is 2.